The molecule has 0 radical (unpaired) electrons. The fraction of sp³-hybridized carbons (Fsp3) is 0.875. The van der Waals surface area contributed by atoms with Gasteiger partial charge in [0.2, 0.25) is 0 Å². The van der Waals surface area contributed by atoms with Crippen LogP contribution < -0.4 is 5.73 Å². The van der Waals surface area contributed by atoms with Crippen LogP contribution in [0.2, 0.25) is 0 Å². The average molecular weight is 196 g/mol. The molecule has 0 fully saturated rings. The Morgan fingerprint density at radius 1 is 1.25 bits per heavy atom. The fourth-order valence-electron chi connectivity index (χ4n) is 0.583. The highest BCUT2D eigenvalue weighted by Crippen LogP contribution is 2.02. The average Bonchev–Trinajstić information content (AvgIpc) is 1.84. The van der Waals surface area contributed by atoms with Crippen LogP contribution in [0, 0.1) is 5.92 Å². The Morgan fingerprint density at radius 3 is 1.92 bits per heavy atom. The minimum absolute atomic E-state index is 0. The highest BCUT2D eigenvalue weighted by Gasteiger charge is 2.19. The maximum atomic E-state index is 11.0. The quantitative estimate of drug-likeness (QED) is 0.692. The van der Waals surface area contributed by atoms with Crippen LogP contribution in [0.15, 0.2) is 0 Å². The summed E-state index contributed by atoms with van der Waals surface area (Å²) in [7, 11) is 0. The van der Waals surface area contributed by atoms with Gasteiger partial charge in [-0.2, -0.15) is 0 Å². The van der Waals surface area contributed by atoms with Crippen LogP contribution in [-0.4, -0.2) is 18.1 Å². The minimum Gasteiger partial charge on any atom is -0.462 e. The second-order valence-corrected chi connectivity index (χ2v) is 3.26. The van der Waals surface area contributed by atoms with Gasteiger partial charge in [0, 0.05) is 0 Å². The predicted molar refractivity (Wildman–Crippen MR) is 51.3 cm³/mol. The molecule has 3 nitrogen and oxygen atoms in total. The third kappa shape index (κ3) is 5.38. The maximum absolute atomic E-state index is 11.0. The van der Waals surface area contributed by atoms with Gasteiger partial charge in [0.15, 0.2) is 0 Å². The van der Waals surface area contributed by atoms with Crippen LogP contribution in [0.25, 0.3) is 0 Å². The van der Waals surface area contributed by atoms with Crippen molar-refractivity contribution in [3.63, 3.8) is 0 Å². The molecular weight excluding hydrogens is 178 g/mol. The molecule has 0 aliphatic carbocycles. The first-order chi connectivity index (χ1) is 4.95. The first kappa shape index (κ1) is 14.3. The van der Waals surface area contributed by atoms with Crippen molar-refractivity contribution in [2.45, 2.75) is 39.8 Å². The molecule has 0 amide bonds. The third-order valence-electron chi connectivity index (χ3n) is 1.34. The zero-order chi connectivity index (χ0) is 9.02. The van der Waals surface area contributed by atoms with E-state index in [0.29, 0.717) is 0 Å². The van der Waals surface area contributed by atoms with Crippen molar-refractivity contribution >= 4 is 18.4 Å². The Labute approximate surface area is 80.1 Å². The standard InChI is InChI=1S/C8H17NO2.ClH/c1-5(2)7(9)8(10)11-6(3)4;/h5-7H,9H2,1-4H3;1H/t7-;/m0./s1. The topological polar surface area (TPSA) is 52.3 Å². The molecule has 0 aromatic rings. The first-order valence-electron chi connectivity index (χ1n) is 3.91. The van der Waals surface area contributed by atoms with E-state index in [1.807, 2.05) is 27.7 Å². The van der Waals surface area contributed by atoms with Crippen LogP contribution >= 0.6 is 12.4 Å². The van der Waals surface area contributed by atoms with Crippen LogP contribution in [0.4, 0.5) is 0 Å². The van der Waals surface area contributed by atoms with E-state index in [-0.39, 0.29) is 30.4 Å². The molecule has 0 heterocycles. The molecule has 0 aromatic carbocycles. The summed E-state index contributed by atoms with van der Waals surface area (Å²) >= 11 is 0. The van der Waals surface area contributed by atoms with Crippen LogP contribution in [0.1, 0.15) is 27.7 Å². The van der Waals surface area contributed by atoms with Crippen molar-refractivity contribution in [1.82, 2.24) is 0 Å². The van der Waals surface area contributed by atoms with E-state index >= 15 is 0 Å². The van der Waals surface area contributed by atoms with E-state index in [1.165, 1.54) is 0 Å². The summed E-state index contributed by atoms with van der Waals surface area (Å²) in [5.41, 5.74) is 5.53. The number of carbonyl (C=O) groups is 1. The fourth-order valence-corrected chi connectivity index (χ4v) is 0.583. The summed E-state index contributed by atoms with van der Waals surface area (Å²) in [4.78, 5) is 11.0. The summed E-state index contributed by atoms with van der Waals surface area (Å²) in [5.74, 6) is -0.170. The highest BCUT2D eigenvalue weighted by molar-refractivity contribution is 5.85. The van der Waals surface area contributed by atoms with Crippen LogP contribution in [-0.2, 0) is 9.53 Å². The molecular formula is C8H18ClNO2. The molecule has 2 N–H and O–H groups in total. The molecule has 0 aliphatic rings. The Balaban J connectivity index is 0. The lowest BCUT2D eigenvalue weighted by atomic mass is 10.1. The van der Waals surface area contributed by atoms with Crippen molar-refractivity contribution in [2.24, 2.45) is 11.7 Å². The number of ether oxygens (including phenoxy) is 1. The van der Waals surface area contributed by atoms with Gasteiger partial charge in [0.25, 0.3) is 0 Å². The number of esters is 1. The Hall–Kier alpha value is -0.280. The molecule has 74 valence electrons. The van der Waals surface area contributed by atoms with E-state index in [2.05, 4.69) is 0 Å². The lowest BCUT2D eigenvalue weighted by Crippen LogP contribution is -2.38. The summed E-state index contributed by atoms with van der Waals surface area (Å²) in [6.07, 6.45) is -0.0766. The van der Waals surface area contributed by atoms with Gasteiger partial charge in [0.05, 0.1) is 6.10 Å². The molecule has 0 aliphatic heterocycles. The molecule has 0 aromatic heterocycles. The Kier molecular flexibility index (Phi) is 7.44. The van der Waals surface area contributed by atoms with Gasteiger partial charge in [0.1, 0.15) is 6.04 Å². The van der Waals surface area contributed by atoms with Gasteiger partial charge in [-0.25, -0.2) is 0 Å². The van der Waals surface area contributed by atoms with Gasteiger partial charge >= 0.3 is 5.97 Å². The van der Waals surface area contributed by atoms with Crippen molar-refractivity contribution in [1.29, 1.82) is 0 Å². The molecule has 0 saturated carbocycles. The van der Waals surface area contributed by atoms with E-state index in [1.54, 1.807) is 0 Å². The summed E-state index contributed by atoms with van der Waals surface area (Å²) in [5, 5.41) is 0. The zero-order valence-electron chi connectivity index (χ0n) is 8.03. The summed E-state index contributed by atoms with van der Waals surface area (Å²) in [6.45, 7) is 7.41. The minimum atomic E-state index is -0.489. The molecule has 12 heavy (non-hydrogen) atoms. The van der Waals surface area contributed by atoms with Crippen LogP contribution in [0.3, 0.4) is 0 Å². The predicted octanol–water partition coefficient (Wildman–Crippen LogP) is 1.34. The monoisotopic (exact) mass is 195 g/mol. The molecule has 0 unspecified atom stereocenters. The van der Waals surface area contributed by atoms with Gasteiger partial charge in [-0.05, 0) is 19.8 Å². The number of hydrogen-bond acceptors (Lipinski definition) is 3. The second-order valence-electron chi connectivity index (χ2n) is 3.26. The molecule has 0 rings (SSSR count). The van der Waals surface area contributed by atoms with Crippen molar-refractivity contribution in [3.8, 4) is 0 Å². The molecule has 1 atom stereocenters. The number of nitrogens with two attached hydrogens (primary N) is 1. The SMILES string of the molecule is CC(C)OC(=O)[C@@H](N)C(C)C.Cl. The lowest BCUT2D eigenvalue weighted by Gasteiger charge is -2.16. The summed E-state index contributed by atoms with van der Waals surface area (Å²) < 4.78 is 4.91. The van der Waals surface area contributed by atoms with E-state index in [9.17, 15) is 4.79 Å². The van der Waals surface area contributed by atoms with Gasteiger partial charge in [-0.15, -0.1) is 12.4 Å². The number of rotatable bonds is 3. The molecule has 0 saturated heterocycles. The van der Waals surface area contributed by atoms with E-state index < -0.39 is 6.04 Å². The highest BCUT2D eigenvalue weighted by atomic mass is 35.5. The lowest BCUT2D eigenvalue weighted by molar-refractivity contribution is -0.150. The molecule has 0 bridgehead atoms. The van der Waals surface area contributed by atoms with E-state index in [0.717, 1.165) is 0 Å². The first-order valence-corrected chi connectivity index (χ1v) is 3.91. The molecule has 4 heteroatoms. The maximum Gasteiger partial charge on any atom is 0.323 e. The third-order valence-corrected chi connectivity index (χ3v) is 1.34. The van der Waals surface area contributed by atoms with Gasteiger partial charge in [-0.1, -0.05) is 13.8 Å². The molecule has 0 spiro atoms. The summed E-state index contributed by atoms with van der Waals surface area (Å²) in [6, 6.07) is -0.489. The van der Waals surface area contributed by atoms with Crippen molar-refractivity contribution in [2.75, 3.05) is 0 Å². The smallest absolute Gasteiger partial charge is 0.323 e. The number of halogens is 1. The Bertz CT molecular complexity index is 137. The Morgan fingerprint density at radius 2 is 1.67 bits per heavy atom. The van der Waals surface area contributed by atoms with Crippen molar-refractivity contribution in [3.05, 3.63) is 0 Å². The van der Waals surface area contributed by atoms with Gasteiger partial charge < -0.3 is 10.5 Å². The van der Waals surface area contributed by atoms with Gasteiger partial charge in [-0.3, -0.25) is 4.79 Å². The largest absolute Gasteiger partial charge is 0.462 e. The number of carbonyl (C=O) groups excluding carboxylic acids is 1. The van der Waals surface area contributed by atoms with Crippen LogP contribution in [0.5, 0.6) is 0 Å². The van der Waals surface area contributed by atoms with E-state index in [4.69, 9.17) is 10.5 Å². The number of hydrogen-bond donors (Lipinski definition) is 1. The van der Waals surface area contributed by atoms with Crippen molar-refractivity contribution < 1.29 is 9.53 Å². The normalized spacial score (nSPS) is 12.6. The zero-order valence-corrected chi connectivity index (χ0v) is 8.85. The second kappa shape index (κ2) is 6.26.